The van der Waals surface area contributed by atoms with Gasteiger partial charge in [-0.25, -0.2) is 0 Å². The summed E-state index contributed by atoms with van der Waals surface area (Å²) in [6.45, 7) is 0.788. The van der Waals surface area contributed by atoms with Crippen molar-refractivity contribution in [3.63, 3.8) is 0 Å². The number of likely N-dealkylation sites (N-methyl/N-ethyl adjacent to an activating group) is 1. The zero-order valence-electron chi connectivity index (χ0n) is 8.77. The van der Waals surface area contributed by atoms with E-state index in [1.807, 2.05) is 0 Å². The van der Waals surface area contributed by atoms with Crippen LogP contribution < -0.4 is 5.32 Å². The third kappa shape index (κ3) is 2.05. The fourth-order valence-electron chi connectivity index (χ4n) is 1.84. The highest BCUT2D eigenvalue weighted by Gasteiger charge is 2.32. The van der Waals surface area contributed by atoms with Crippen LogP contribution in [0.5, 0.6) is 0 Å². The summed E-state index contributed by atoms with van der Waals surface area (Å²) in [5.41, 5.74) is 0.899. The number of ether oxygens (including phenoxy) is 1. The van der Waals surface area contributed by atoms with Gasteiger partial charge in [0.05, 0.1) is 24.8 Å². The zero-order chi connectivity index (χ0) is 11.8. The molecule has 0 aliphatic carbocycles. The summed E-state index contributed by atoms with van der Waals surface area (Å²) >= 11 is 0. The number of halogens is 3. The summed E-state index contributed by atoms with van der Waals surface area (Å²) in [4.78, 5) is 0. The van der Waals surface area contributed by atoms with Crippen molar-refractivity contribution in [2.24, 2.45) is 0 Å². The highest BCUT2D eigenvalue weighted by molar-refractivity contribution is 5.36. The second-order valence-corrected chi connectivity index (χ2v) is 3.77. The van der Waals surface area contributed by atoms with Gasteiger partial charge in [-0.15, -0.1) is 0 Å². The van der Waals surface area contributed by atoms with E-state index in [0.717, 1.165) is 11.6 Å². The highest BCUT2D eigenvalue weighted by Crippen LogP contribution is 2.33. The number of fused-ring (bicyclic) bond motifs is 1. The van der Waals surface area contributed by atoms with Crippen molar-refractivity contribution in [2.75, 3.05) is 13.7 Å². The molecule has 0 spiro atoms. The van der Waals surface area contributed by atoms with Crippen molar-refractivity contribution in [3.8, 4) is 0 Å². The second kappa shape index (κ2) is 4.07. The normalized spacial score (nSPS) is 20.6. The Morgan fingerprint density at radius 1 is 1.38 bits per heavy atom. The second-order valence-electron chi connectivity index (χ2n) is 3.77. The fraction of sp³-hybridized carbons (Fsp3) is 0.455. The number of benzene rings is 1. The summed E-state index contributed by atoms with van der Waals surface area (Å²) in [6, 6.07) is 3.63. The van der Waals surface area contributed by atoms with Crippen molar-refractivity contribution in [1.82, 2.24) is 5.32 Å². The maximum absolute atomic E-state index is 12.5. The molecule has 0 amide bonds. The summed E-state index contributed by atoms with van der Waals surface area (Å²) in [7, 11) is 1.71. The first kappa shape index (κ1) is 11.4. The van der Waals surface area contributed by atoms with Gasteiger partial charge in [0.1, 0.15) is 0 Å². The van der Waals surface area contributed by atoms with E-state index in [0.29, 0.717) is 18.8 Å². The van der Waals surface area contributed by atoms with Gasteiger partial charge in [0, 0.05) is 0 Å². The minimum Gasteiger partial charge on any atom is -0.375 e. The van der Waals surface area contributed by atoms with Gasteiger partial charge in [-0.3, -0.25) is 0 Å². The Kier molecular flexibility index (Phi) is 2.90. The van der Waals surface area contributed by atoms with E-state index < -0.39 is 11.7 Å². The van der Waals surface area contributed by atoms with Crippen LogP contribution in [0.2, 0.25) is 0 Å². The van der Waals surface area contributed by atoms with Gasteiger partial charge < -0.3 is 10.1 Å². The van der Waals surface area contributed by atoms with Gasteiger partial charge >= 0.3 is 6.18 Å². The molecule has 0 radical (unpaired) electrons. The molecule has 2 nitrogen and oxygen atoms in total. The van der Waals surface area contributed by atoms with Crippen molar-refractivity contribution in [3.05, 3.63) is 34.9 Å². The van der Waals surface area contributed by atoms with Gasteiger partial charge in [-0.05, 0) is 30.3 Å². The van der Waals surface area contributed by atoms with Gasteiger partial charge in [0.2, 0.25) is 0 Å². The average molecular weight is 231 g/mol. The first-order valence-electron chi connectivity index (χ1n) is 4.97. The predicted octanol–water partition coefficient (Wildman–Crippen LogP) is 2.50. The zero-order valence-corrected chi connectivity index (χ0v) is 8.77. The number of hydrogen-bond acceptors (Lipinski definition) is 2. The van der Waals surface area contributed by atoms with E-state index in [4.69, 9.17) is 4.74 Å². The molecule has 1 atom stereocenters. The maximum Gasteiger partial charge on any atom is 0.416 e. The molecule has 1 aliphatic rings. The van der Waals surface area contributed by atoms with Crippen molar-refractivity contribution < 1.29 is 17.9 Å². The molecule has 0 saturated heterocycles. The topological polar surface area (TPSA) is 21.3 Å². The Morgan fingerprint density at radius 3 is 2.75 bits per heavy atom. The summed E-state index contributed by atoms with van der Waals surface area (Å²) < 4.78 is 42.9. The van der Waals surface area contributed by atoms with E-state index in [-0.39, 0.29) is 6.04 Å². The lowest BCUT2D eigenvalue weighted by molar-refractivity contribution is -0.137. The molecule has 1 aliphatic heterocycles. The first-order valence-corrected chi connectivity index (χ1v) is 4.97. The van der Waals surface area contributed by atoms with Crippen molar-refractivity contribution >= 4 is 0 Å². The molecule has 0 aromatic heterocycles. The summed E-state index contributed by atoms with van der Waals surface area (Å²) in [5, 5.41) is 2.95. The van der Waals surface area contributed by atoms with E-state index in [9.17, 15) is 13.2 Å². The minimum absolute atomic E-state index is 0.161. The third-order valence-corrected chi connectivity index (χ3v) is 2.74. The Morgan fingerprint density at radius 2 is 2.12 bits per heavy atom. The van der Waals surface area contributed by atoms with E-state index >= 15 is 0 Å². The molecule has 1 N–H and O–H groups in total. The Balaban J connectivity index is 2.43. The Hall–Kier alpha value is -1.07. The molecule has 1 aromatic rings. The summed E-state index contributed by atoms with van der Waals surface area (Å²) in [6.07, 6.45) is -4.29. The van der Waals surface area contributed by atoms with Crippen LogP contribution in [0, 0.1) is 0 Å². The molecule has 0 fully saturated rings. The number of rotatable bonds is 1. The monoisotopic (exact) mass is 231 g/mol. The van der Waals surface area contributed by atoms with Crippen LogP contribution in [0.25, 0.3) is 0 Å². The SMILES string of the molecule is CNC1COCc2ccc(C(F)(F)F)cc21. The lowest BCUT2D eigenvalue weighted by atomic mass is 9.96. The molecule has 2 rings (SSSR count). The Labute approximate surface area is 91.4 Å². The Bertz CT molecular complexity index is 389. The van der Waals surface area contributed by atoms with Crippen molar-refractivity contribution in [2.45, 2.75) is 18.8 Å². The van der Waals surface area contributed by atoms with Gasteiger partial charge in [-0.1, -0.05) is 6.07 Å². The molecule has 0 saturated carbocycles. The molecule has 1 aromatic carbocycles. The standard InChI is InChI=1S/C11H12F3NO/c1-15-10-6-16-5-7-2-3-8(4-9(7)10)11(12,13)14/h2-4,10,15H,5-6H2,1H3. The quantitative estimate of drug-likeness (QED) is 0.801. The predicted molar refractivity (Wildman–Crippen MR) is 52.9 cm³/mol. The van der Waals surface area contributed by atoms with Crippen LogP contribution in [-0.4, -0.2) is 13.7 Å². The first-order chi connectivity index (χ1) is 7.52. The molecular formula is C11H12F3NO. The largest absolute Gasteiger partial charge is 0.416 e. The van der Waals surface area contributed by atoms with E-state index in [1.165, 1.54) is 12.1 Å². The van der Waals surface area contributed by atoms with Crippen LogP contribution in [0.4, 0.5) is 13.2 Å². The smallest absolute Gasteiger partial charge is 0.375 e. The molecule has 16 heavy (non-hydrogen) atoms. The number of nitrogens with one attached hydrogen (secondary N) is 1. The number of hydrogen-bond donors (Lipinski definition) is 1. The van der Waals surface area contributed by atoms with Gasteiger partial charge in [0.15, 0.2) is 0 Å². The van der Waals surface area contributed by atoms with E-state index in [2.05, 4.69) is 5.32 Å². The van der Waals surface area contributed by atoms with E-state index in [1.54, 1.807) is 7.05 Å². The molecule has 1 unspecified atom stereocenters. The van der Waals surface area contributed by atoms with Crippen LogP contribution in [0.15, 0.2) is 18.2 Å². The summed E-state index contributed by atoms with van der Waals surface area (Å²) in [5.74, 6) is 0. The molecule has 5 heteroatoms. The number of alkyl halides is 3. The molecule has 0 bridgehead atoms. The van der Waals surface area contributed by atoms with Crippen LogP contribution in [-0.2, 0) is 17.5 Å². The van der Waals surface area contributed by atoms with Gasteiger partial charge in [0.25, 0.3) is 0 Å². The third-order valence-electron chi connectivity index (χ3n) is 2.74. The lowest BCUT2D eigenvalue weighted by Crippen LogP contribution is -2.27. The minimum atomic E-state index is -4.29. The molecule has 1 heterocycles. The molecule has 88 valence electrons. The van der Waals surface area contributed by atoms with Crippen LogP contribution in [0.3, 0.4) is 0 Å². The maximum atomic E-state index is 12.5. The highest BCUT2D eigenvalue weighted by atomic mass is 19.4. The van der Waals surface area contributed by atoms with Crippen LogP contribution in [0.1, 0.15) is 22.7 Å². The van der Waals surface area contributed by atoms with Crippen molar-refractivity contribution in [1.29, 1.82) is 0 Å². The lowest BCUT2D eigenvalue weighted by Gasteiger charge is -2.26. The molecular weight excluding hydrogens is 219 g/mol. The average Bonchev–Trinajstić information content (AvgIpc) is 2.26. The van der Waals surface area contributed by atoms with Gasteiger partial charge in [-0.2, -0.15) is 13.2 Å². The van der Waals surface area contributed by atoms with Crippen LogP contribution >= 0.6 is 0 Å². The fourth-order valence-corrected chi connectivity index (χ4v) is 1.84.